The van der Waals surface area contributed by atoms with Crippen molar-refractivity contribution in [2.75, 3.05) is 13.7 Å². The summed E-state index contributed by atoms with van der Waals surface area (Å²) in [5.74, 6) is -0.746. The van der Waals surface area contributed by atoms with Crippen LogP contribution >= 0.6 is 11.8 Å². The van der Waals surface area contributed by atoms with Gasteiger partial charge < -0.3 is 24.8 Å². The van der Waals surface area contributed by atoms with Crippen molar-refractivity contribution >= 4 is 34.5 Å². The molecule has 8 heteroatoms. The number of phenols is 2. The van der Waals surface area contributed by atoms with Crippen LogP contribution in [0.2, 0.25) is 0 Å². The van der Waals surface area contributed by atoms with Crippen molar-refractivity contribution in [2.24, 2.45) is 4.99 Å². The van der Waals surface area contributed by atoms with Crippen molar-refractivity contribution in [2.45, 2.75) is 6.92 Å². The fourth-order valence-corrected chi connectivity index (χ4v) is 3.64. The molecular weight excluding hydrogens is 394 g/mol. The largest absolute Gasteiger partial charge is 0.508 e. The lowest BCUT2D eigenvalue weighted by Gasteiger charge is -2.06. The number of rotatable bonds is 5. The van der Waals surface area contributed by atoms with Gasteiger partial charge in [-0.25, -0.2) is 9.79 Å². The van der Waals surface area contributed by atoms with Crippen LogP contribution in [-0.4, -0.2) is 40.0 Å². The number of aliphatic hydroxyl groups excluding tert-OH is 1. The average Bonchev–Trinajstić information content (AvgIpc) is 2.99. The van der Waals surface area contributed by atoms with Gasteiger partial charge in [-0.2, -0.15) is 0 Å². The summed E-state index contributed by atoms with van der Waals surface area (Å²) in [5, 5.41) is 30.4. The summed E-state index contributed by atoms with van der Waals surface area (Å²) >= 11 is 1.06. The van der Waals surface area contributed by atoms with Crippen molar-refractivity contribution in [3.8, 4) is 17.2 Å². The Balaban J connectivity index is 2.09. The van der Waals surface area contributed by atoms with Gasteiger partial charge in [0.05, 0.1) is 18.6 Å². The van der Waals surface area contributed by atoms with Crippen molar-refractivity contribution < 1.29 is 29.6 Å². The van der Waals surface area contributed by atoms with E-state index in [1.54, 1.807) is 31.2 Å². The van der Waals surface area contributed by atoms with Crippen LogP contribution in [0.4, 0.5) is 5.69 Å². The quantitative estimate of drug-likeness (QED) is 0.627. The number of aromatic hydroxyl groups is 2. The van der Waals surface area contributed by atoms with Gasteiger partial charge in [0, 0.05) is 11.6 Å². The first-order chi connectivity index (χ1) is 13.9. The van der Waals surface area contributed by atoms with E-state index >= 15 is 0 Å². The van der Waals surface area contributed by atoms with Gasteiger partial charge in [-0.05, 0) is 37.3 Å². The highest BCUT2D eigenvalue weighted by atomic mass is 32.2. The number of benzene rings is 2. The number of carbonyl (C=O) groups is 1. The molecule has 1 aliphatic heterocycles. The Morgan fingerprint density at radius 1 is 1.17 bits per heavy atom. The standard InChI is InChI=1S/C21H19NO6S/c1-3-28-21(26)18-19(25)17(10-12-8-9-13(23)11-15(12)24)29-20(18)22-14-6-4-5-7-16(14)27-2/h4-11,23-25H,3H2,1-2H3/b17-10+,22-20?. The normalized spacial score (nSPS) is 16.5. The van der Waals surface area contributed by atoms with Crippen LogP contribution < -0.4 is 4.74 Å². The van der Waals surface area contributed by atoms with Gasteiger partial charge in [0.15, 0.2) is 0 Å². The van der Waals surface area contributed by atoms with E-state index in [1.165, 1.54) is 31.4 Å². The van der Waals surface area contributed by atoms with E-state index in [4.69, 9.17) is 9.47 Å². The maximum absolute atomic E-state index is 12.4. The lowest BCUT2D eigenvalue weighted by atomic mass is 10.1. The van der Waals surface area contributed by atoms with E-state index in [-0.39, 0.29) is 34.5 Å². The minimum absolute atomic E-state index is 0.0627. The highest BCUT2D eigenvalue weighted by Gasteiger charge is 2.33. The third-order valence-electron chi connectivity index (χ3n) is 3.98. The molecule has 3 rings (SSSR count). The molecule has 0 aliphatic carbocycles. The highest BCUT2D eigenvalue weighted by Crippen LogP contribution is 2.42. The molecular formula is C21H19NO6S. The molecule has 0 saturated heterocycles. The number of aliphatic imine (C=N–C) groups is 1. The van der Waals surface area contributed by atoms with Crippen LogP contribution in [0.3, 0.4) is 0 Å². The summed E-state index contributed by atoms with van der Waals surface area (Å²) in [6, 6.07) is 11.1. The van der Waals surface area contributed by atoms with Gasteiger partial charge in [0.25, 0.3) is 0 Å². The number of nitrogens with zero attached hydrogens (tertiary/aromatic N) is 1. The van der Waals surface area contributed by atoms with E-state index in [0.717, 1.165) is 11.8 Å². The van der Waals surface area contributed by atoms with Crippen LogP contribution in [0.5, 0.6) is 17.2 Å². The van der Waals surface area contributed by atoms with Crippen LogP contribution in [-0.2, 0) is 9.53 Å². The molecule has 0 bridgehead atoms. The molecule has 7 nitrogen and oxygen atoms in total. The maximum atomic E-state index is 12.4. The van der Waals surface area contributed by atoms with E-state index in [2.05, 4.69) is 4.99 Å². The van der Waals surface area contributed by atoms with Crippen molar-refractivity contribution in [3.05, 3.63) is 64.3 Å². The molecule has 0 fully saturated rings. The molecule has 2 aromatic rings. The van der Waals surface area contributed by atoms with Gasteiger partial charge in [-0.15, -0.1) is 0 Å². The zero-order chi connectivity index (χ0) is 21.0. The van der Waals surface area contributed by atoms with Crippen LogP contribution in [0.25, 0.3) is 6.08 Å². The molecule has 150 valence electrons. The molecule has 0 atom stereocenters. The number of methoxy groups -OCH3 is 1. The van der Waals surface area contributed by atoms with Gasteiger partial charge >= 0.3 is 5.97 Å². The third kappa shape index (κ3) is 4.38. The van der Waals surface area contributed by atoms with Crippen LogP contribution in [0.15, 0.2) is 63.7 Å². The summed E-state index contributed by atoms with van der Waals surface area (Å²) in [4.78, 5) is 17.2. The van der Waals surface area contributed by atoms with Crippen molar-refractivity contribution in [1.82, 2.24) is 0 Å². The lowest BCUT2D eigenvalue weighted by molar-refractivity contribution is -0.138. The van der Waals surface area contributed by atoms with Crippen molar-refractivity contribution in [1.29, 1.82) is 0 Å². The molecule has 2 aromatic carbocycles. The number of para-hydroxylation sites is 2. The Kier molecular flexibility index (Phi) is 6.13. The Morgan fingerprint density at radius 2 is 1.93 bits per heavy atom. The fourth-order valence-electron chi connectivity index (χ4n) is 2.62. The number of ether oxygens (including phenoxy) is 2. The molecule has 0 saturated carbocycles. The molecule has 0 aromatic heterocycles. The second kappa shape index (κ2) is 8.74. The first kappa shape index (κ1) is 20.3. The minimum atomic E-state index is -0.704. The zero-order valence-electron chi connectivity index (χ0n) is 15.7. The first-order valence-electron chi connectivity index (χ1n) is 8.69. The number of hydrogen-bond acceptors (Lipinski definition) is 8. The number of hydrogen-bond donors (Lipinski definition) is 3. The van der Waals surface area contributed by atoms with E-state index in [1.807, 2.05) is 0 Å². The Hall–Kier alpha value is -3.39. The average molecular weight is 413 g/mol. The smallest absolute Gasteiger partial charge is 0.344 e. The molecule has 1 aliphatic rings. The molecule has 0 spiro atoms. The predicted octanol–water partition coefficient (Wildman–Crippen LogP) is 4.30. The molecule has 0 radical (unpaired) electrons. The fraction of sp³-hybridized carbons (Fsp3) is 0.143. The van der Waals surface area contributed by atoms with Gasteiger partial charge in [-0.3, -0.25) is 0 Å². The van der Waals surface area contributed by atoms with Crippen LogP contribution in [0.1, 0.15) is 12.5 Å². The Morgan fingerprint density at radius 3 is 2.62 bits per heavy atom. The first-order valence-corrected chi connectivity index (χ1v) is 9.50. The maximum Gasteiger partial charge on any atom is 0.344 e. The second-order valence-corrected chi connectivity index (χ2v) is 6.92. The van der Waals surface area contributed by atoms with E-state index < -0.39 is 5.97 Å². The number of esters is 1. The monoisotopic (exact) mass is 413 g/mol. The summed E-state index contributed by atoms with van der Waals surface area (Å²) in [5.41, 5.74) is 0.784. The second-order valence-electron chi connectivity index (χ2n) is 5.89. The topological polar surface area (TPSA) is 109 Å². The molecule has 29 heavy (non-hydrogen) atoms. The number of aliphatic hydroxyl groups is 1. The highest BCUT2D eigenvalue weighted by molar-refractivity contribution is 8.18. The summed E-state index contributed by atoms with van der Waals surface area (Å²) in [6.07, 6.45) is 1.50. The Bertz CT molecular complexity index is 1040. The molecule has 3 N–H and O–H groups in total. The third-order valence-corrected chi connectivity index (χ3v) is 5.00. The van der Waals surface area contributed by atoms with Gasteiger partial charge in [-0.1, -0.05) is 23.9 Å². The summed E-state index contributed by atoms with van der Waals surface area (Å²) in [7, 11) is 1.51. The summed E-state index contributed by atoms with van der Waals surface area (Å²) in [6.45, 7) is 1.81. The van der Waals surface area contributed by atoms with Crippen LogP contribution in [0, 0.1) is 0 Å². The molecule has 0 amide bonds. The Labute approximate surface area is 171 Å². The minimum Gasteiger partial charge on any atom is -0.508 e. The van der Waals surface area contributed by atoms with E-state index in [9.17, 15) is 20.1 Å². The SMILES string of the molecule is CCOC(=O)C1=C(O)/C(=C\c2ccc(O)cc2O)SC1=Nc1ccccc1OC. The number of carbonyl (C=O) groups excluding carboxylic acids is 1. The van der Waals surface area contributed by atoms with Gasteiger partial charge in [0.1, 0.15) is 39.3 Å². The predicted molar refractivity (Wildman–Crippen MR) is 112 cm³/mol. The van der Waals surface area contributed by atoms with Gasteiger partial charge in [0.2, 0.25) is 0 Å². The molecule has 0 unspecified atom stereocenters. The van der Waals surface area contributed by atoms with Crippen molar-refractivity contribution in [3.63, 3.8) is 0 Å². The summed E-state index contributed by atoms with van der Waals surface area (Å²) < 4.78 is 10.4. The lowest BCUT2D eigenvalue weighted by Crippen LogP contribution is -2.12. The van der Waals surface area contributed by atoms with E-state index in [0.29, 0.717) is 21.9 Å². The number of phenolic OH excluding ortho intramolecular Hbond substituents is 2. The molecule has 1 heterocycles. The number of thioether (sulfide) groups is 1. The zero-order valence-corrected chi connectivity index (χ0v) is 16.6.